The lowest BCUT2D eigenvalue weighted by Gasteiger charge is -2.36. The quantitative estimate of drug-likeness (QED) is 0.723. The largest absolute Gasteiger partial charge is 0.480 e. The Bertz CT molecular complexity index is 615. The van der Waals surface area contributed by atoms with Gasteiger partial charge in [0.1, 0.15) is 6.04 Å². The second kappa shape index (κ2) is 5.82. The molecule has 2 heterocycles. The van der Waals surface area contributed by atoms with Crippen molar-refractivity contribution >= 4 is 26.0 Å². The second-order valence-corrected chi connectivity index (χ2v) is 9.71. The van der Waals surface area contributed by atoms with Crippen molar-refractivity contribution in [2.45, 2.75) is 37.8 Å². The first-order chi connectivity index (χ1) is 9.65. The van der Waals surface area contributed by atoms with E-state index in [-0.39, 0.29) is 30.9 Å². The molecule has 0 aliphatic carbocycles. The molecule has 2 aliphatic heterocycles. The number of carboxylic acid groups (broad SMARTS) is 1. The Morgan fingerprint density at radius 2 is 1.95 bits per heavy atom. The van der Waals surface area contributed by atoms with Crippen LogP contribution in [0.25, 0.3) is 0 Å². The van der Waals surface area contributed by atoms with Crippen LogP contribution in [0.1, 0.15) is 25.7 Å². The molecule has 0 spiro atoms. The van der Waals surface area contributed by atoms with Gasteiger partial charge in [-0.25, -0.2) is 8.42 Å². The summed E-state index contributed by atoms with van der Waals surface area (Å²) in [5.74, 6) is -1.39. The summed E-state index contributed by atoms with van der Waals surface area (Å²) in [6, 6.07) is -1.68. The first kappa shape index (κ1) is 16.7. The first-order valence-electron chi connectivity index (χ1n) is 6.83. The number of sulfone groups is 1. The van der Waals surface area contributed by atoms with Gasteiger partial charge in [0.2, 0.25) is 0 Å². The van der Waals surface area contributed by atoms with Gasteiger partial charge in [-0.15, -0.1) is 0 Å². The lowest BCUT2D eigenvalue weighted by Crippen LogP contribution is -2.54. The predicted molar refractivity (Wildman–Crippen MR) is 75.7 cm³/mol. The van der Waals surface area contributed by atoms with E-state index in [1.54, 1.807) is 0 Å². The topological polar surface area (TPSA) is 112 Å². The van der Waals surface area contributed by atoms with Gasteiger partial charge in [-0.3, -0.25) is 4.79 Å². The monoisotopic (exact) mass is 340 g/mol. The van der Waals surface area contributed by atoms with Crippen LogP contribution in [0.5, 0.6) is 0 Å². The van der Waals surface area contributed by atoms with Crippen LogP contribution in [-0.4, -0.2) is 73.7 Å². The number of aliphatic carboxylic acids is 1. The van der Waals surface area contributed by atoms with Crippen LogP contribution in [-0.2, 0) is 24.8 Å². The molecule has 0 aromatic rings. The molecule has 0 bridgehead atoms. The van der Waals surface area contributed by atoms with E-state index in [4.69, 9.17) is 0 Å². The minimum atomic E-state index is -3.97. The fraction of sp³-hybridized carbons (Fsp3) is 0.909. The highest BCUT2D eigenvalue weighted by Gasteiger charge is 2.43. The molecule has 2 aliphatic rings. The van der Waals surface area contributed by atoms with Gasteiger partial charge in [0.05, 0.1) is 11.5 Å². The van der Waals surface area contributed by atoms with Crippen LogP contribution in [0.4, 0.5) is 0 Å². The van der Waals surface area contributed by atoms with Gasteiger partial charge < -0.3 is 5.11 Å². The van der Waals surface area contributed by atoms with Gasteiger partial charge in [0.15, 0.2) is 9.84 Å². The van der Waals surface area contributed by atoms with Crippen molar-refractivity contribution in [3.05, 3.63) is 0 Å². The average molecular weight is 340 g/mol. The number of carbonyl (C=O) groups is 1. The smallest absolute Gasteiger partial charge is 0.322 e. The van der Waals surface area contributed by atoms with Crippen molar-refractivity contribution < 1.29 is 26.7 Å². The minimum Gasteiger partial charge on any atom is -0.480 e. The predicted octanol–water partition coefficient (Wildman–Crippen LogP) is -0.711. The highest BCUT2D eigenvalue weighted by Crippen LogP contribution is 2.26. The van der Waals surface area contributed by atoms with Crippen LogP contribution < -0.4 is 0 Å². The Hall–Kier alpha value is -0.710. The average Bonchev–Trinajstić information content (AvgIpc) is 2.78. The molecule has 122 valence electrons. The summed E-state index contributed by atoms with van der Waals surface area (Å²) in [5, 5.41) is 9.18. The normalized spacial score (nSPS) is 30.6. The van der Waals surface area contributed by atoms with Gasteiger partial charge in [-0.05, 0) is 25.7 Å². The van der Waals surface area contributed by atoms with Crippen LogP contribution in [0.2, 0.25) is 0 Å². The molecular weight excluding hydrogens is 320 g/mol. The van der Waals surface area contributed by atoms with Crippen LogP contribution in [0.3, 0.4) is 0 Å². The zero-order chi connectivity index (χ0) is 15.8. The third kappa shape index (κ3) is 3.38. The summed E-state index contributed by atoms with van der Waals surface area (Å²) in [5.41, 5.74) is 0. The van der Waals surface area contributed by atoms with Gasteiger partial charge in [0, 0.05) is 19.6 Å². The highest BCUT2D eigenvalue weighted by atomic mass is 32.2. The molecule has 10 heteroatoms. The fourth-order valence-corrected chi connectivity index (χ4v) is 6.48. The molecule has 0 aromatic carbocycles. The summed E-state index contributed by atoms with van der Waals surface area (Å²) in [4.78, 5) is 11.2. The zero-order valence-electron chi connectivity index (χ0n) is 11.8. The number of nitrogens with zero attached hydrogens (tertiary/aromatic N) is 2. The van der Waals surface area contributed by atoms with Crippen LogP contribution in [0.15, 0.2) is 0 Å². The molecule has 2 fully saturated rings. The maximum Gasteiger partial charge on any atom is 0.322 e. The summed E-state index contributed by atoms with van der Waals surface area (Å²) in [7, 11) is -5.84. The molecule has 21 heavy (non-hydrogen) atoms. The molecule has 2 unspecified atom stereocenters. The third-order valence-corrected chi connectivity index (χ3v) is 7.93. The summed E-state index contributed by atoms with van der Waals surface area (Å²) in [6.07, 6.45) is 1.82. The molecule has 0 radical (unpaired) electrons. The summed E-state index contributed by atoms with van der Waals surface area (Å²) in [6.45, 7) is 0.156. The van der Waals surface area contributed by atoms with Crippen molar-refractivity contribution in [2.75, 3.05) is 25.1 Å². The molecule has 0 saturated carbocycles. The van der Waals surface area contributed by atoms with Crippen molar-refractivity contribution in [3.63, 3.8) is 0 Å². The van der Waals surface area contributed by atoms with Gasteiger partial charge in [-0.2, -0.15) is 17.0 Å². The van der Waals surface area contributed by atoms with Crippen molar-refractivity contribution in [3.8, 4) is 0 Å². The molecular formula is C11H20N2O6S2. The highest BCUT2D eigenvalue weighted by molar-refractivity contribution is 7.91. The maximum absolute atomic E-state index is 12.6. The summed E-state index contributed by atoms with van der Waals surface area (Å²) < 4.78 is 50.2. The van der Waals surface area contributed by atoms with Crippen LogP contribution >= 0.6 is 0 Å². The van der Waals surface area contributed by atoms with E-state index in [1.165, 1.54) is 7.05 Å². The number of hydrogen-bond acceptors (Lipinski definition) is 5. The van der Waals surface area contributed by atoms with Crippen molar-refractivity contribution in [2.24, 2.45) is 0 Å². The number of piperidine rings is 1. The van der Waals surface area contributed by atoms with E-state index < -0.39 is 38.1 Å². The van der Waals surface area contributed by atoms with Gasteiger partial charge in [-0.1, -0.05) is 0 Å². The third-order valence-electron chi connectivity index (χ3n) is 4.12. The Balaban J connectivity index is 2.22. The number of hydrogen-bond donors (Lipinski definition) is 1. The first-order valence-corrected chi connectivity index (χ1v) is 10.0. The molecule has 0 amide bonds. The maximum atomic E-state index is 12.6. The van der Waals surface area contributed by atoms with E-state index >= 15 is 0 Å². The second-order valence-electron chi connectivity index (χ2n) is 5.54. The molecule has 2 saturated heterocycles. The van der Waals surface area contributed by atoms with E-state index in [0.717, 1.165) is 8.61 Å². The van der Waals surface area contributed by atoms with Crippen LogP contribution in [0, 0.1) is 0 Å². The zero-order valence-corrected chi connectivity index (χ0v) is 13.4. The van der Waals surface area contributed by atoms with E-state index in [0.29, 0.717) is 12.8 Å². The minimum absolute atomic E-state index is 0.0279. The van der Waals surface area contributed by atoms with Crippen molar-refractivity contribution in [1.82, 2.24) is 8.61 Å². The Morgan fingerprint density at radius 1 is 1.29 bits per heavy atom. The van der Waals surface area contributed by atoms with E-state index in [9.17, 15) is 26.7 Å². The van der Waals surface area contributed by atoms with E-state index in [1.807, 2.05) is 0 Å². The fourth-order valence-electron chi connectivity index (χ4n) is 2.84. The lowest BCUT2D eigenvalue weighted by molar-refractivity contribution is -0.142. The standard InChI is InChI=1S/C11H20N2O6S2/c1-12(9-5-7-20(16,17)8-9)21(18,19)13-6-3-2-4-10(13)11(14)15/h9-10H,2-8H2,1H3,(H,14,15). The molecule has 2 atom stereocenters. The SMILES string of the molecule is CN(C1CCS(=O)(=O)C1)S(=O)(=O)N1CCCCC1C(=O)O. The molecule has 2 rings (SSSR count). The molecule has 0 aromatic heterocycles. The Labute approximate surface area is 124 Å². The Kier molecular flexibility index (Phi) is 4.62. The van der Waals surface area contributed by atoms with Crippen molar-refractivity contribution in [1.29, 1.82) is 0 Å². The number of rotatable bonds is 4. The lowest BCUT2D eigenvalue weighted by atomic mass is 10.1. The Morgan fingerprint density at radius 3 is 2.48 bits per heavy atom. The van der Waals surface area contributed by atoms with E-state index in [2.05, 4.69) is 0 Å². The summed E-state index contributed by atoms with van der Waals surface area (Å²) >= 11 is 0. The molecule has 8 nitrogen and oxygen atoms in total. The number of carboxylic acids is 1. The molecule has 1 N–H and O–H groups in total. The van der Waals surface area contributed by atoms with Gasteiger partial charge >= 0.3 is 5.97 Å². The van der Waals surface area contributed by atoms with Gasteiger partial charge in [0.25, 0.3) is 10.2 Å².